The van der Waals surface area contributed by atoms with Gasteiger partial charge >= 0.3 is 0 Å². The quantitative estimate of drug-likeness (QED) is 0.179. The fourth-order valence-electron chi connectivity index (χ4n) is 8.01. The molecule has 8 aromatic carbocycles. The summed E-state index contributed by atoms with van der Waals surface area (Å²) in [4.78, 5) is 20.9. The van der Waals surface area contributed by atoms with Crippen LogP contribution in [-0.4, -0.2) is 24.5 Å². The summed E-state index contributed by atoms with van der Waals surface area (Å²) in [6.45, 7) is 0. The number of hydrogen-bond acceptors (Lipinski definition) is 4. The highest BCUT2D eigenvalue weighted by atomic mass is 15.2. The SMILES string of the molecule is c1ccc(-c2ccc(-c3ncc4c(n3)c3nc(-n5c6ccccc6c6ccccc65)ncc3c3c5ccccc5c5ccccc5c43)cc2)cc1. The van der Waals surface area contributed by atoms with E-state index < -0.39 is 0 Å². The van der Waals surface area contributed by atoms with Crippen molar-refractivity contribution in [2.45, 2.75) is 0 Å². The highest BCUT2D eigenvalue weighted by Crippen LogP contribution is 2.43. The van der Waals surface area contributed by atoms with Crippen LogP contribution in [0.15, 0.2) is 164 Å². The van der Waals surface area contributed by atoms with E-state index in [4.69, 9.17) is 19.9 Å². The molecule has 236 valence electrons. The Morgan fingerprint density at radius 1 is 0.333 bits per heavy atom. The molecule has 0 atom stereocenters. The van der Waals surface area contributed by atoms with Gasteiger partial charge in [0.2, 0.25) is 5.95 Å². The van der Waals surface area contributed by atoms with E-state index in [0.717, 1.165) is 65.5 Å². The summed E-state index contributed by atoms with van der Waals surface area (Å²) in [5.41, 5.74) is 7.01. The Hall–Kier alpha value is -6.98. The molecule has 0 amide bonds. The third kappa shape index (κ3) is 4.09. The Morgan fingerprint density at radius 2 is 0.784 bits per heavy atom. The molecule has 3 aromatic heterocycles. The standard InChI is InChI=1S/C46H27N5/c1-2-12-28(13-3-1)29-22-24-30(25-23-29)45-47-26-37-41-35-18-6-4-14-31(35)32-15-5-7-19-36(32)42(41)38-27-48-46(50-44(38)43(37)49-45)51-39-20-10-8-16-33(39)34-17-9-11-21-40(34)51/h1-27H. The summed E-state index contributed by atoms with van der Waals surface area (Å²) in [7, 11) is 0. The summed E-state index contributed by atoms with van der Waals surface area (Å²) in [5.74, 6) is 1.27. The predicted molar refractivity (Wildman–Crippen MR) is 210 cm³/mol. The Labute approximate surface area is 292 Å². The fraction of sp³-hybridized carbons (Fsp3) is 0. The van der Waals surface area contributed by atoms with Gasteiger partial charge in [-0.15, -0.1) is 0 Å². The highest BCUT2D eigenvalue weighted by Gasteiger charge is 2.21. The minimum Gasteiger partial charge on any atom is -0.278 e. The topological polar surface area (TPSA) is 56.5 Å². The van der Waals surface area contributed by atoms with E-state index in [1.165, 1.54) is 27.1 Å². The van der Waals surface area contributed by atoms with Crippen molar-refractivity contribution in [1.29, 1.82) is 0 Å². The van der Waals surface area contributed by atoms with Crippen molar-refractivity contribution in [3.05, 3.63) is 164 Å². The van der Waals surface area contributed by atoms with Crippen molar-refractivity contribution >= 4 is 75.9 Å². The van der Waals surface area contributed by atoms with Crippen molar-refractivity contribution in [1.82, 2.24) is 24.5 Å². The van der Waals surface area contributed by atoms with E-state index in [0.29, 0.717) is 11.8 Å². The molecular formula is C46H27N5. The molecule has 0 bridgehead atoms. The summed E-state index contributed by atoms with van der Waals surface area (Å²) in [5, 5.41) is 11.2. The lowest BCUT2D eigenvalue weighted by Crippen LogP contribution is -2.03. The van der Waals surface area contributed by atoms with Crippen LogP contribution >= 0.6 is 0 Å². The first kappa shape index (κ1) is 27.9. The molecule has 0 aliphatic heterocycles. The number of aromatic nitrogens is 5. The zero-order valence-corrected chi connectivity index (χ0v) is 27.3. The first-order valence-electron chi connectivity index (χ1n) is 17.1. The van der Waals surface area contributed by atoms with Crippen molar-refractivity contribution in [3.63, 3.8) is 0 Å². The Bertz CT molecular complexity index is 3130. The van der Waals surface area contributed by atoms with E-state index in [1.54, 1.807) is 0 Å². The molecule has 0 aliphatic carbocycles. The molecule has 0 saturated carbocycles. The van der Waals surface area contributed by atoms with Gasteiger partial charge in [0.05, 0.1) is 11.0 Å². The van der Waals surface area contributed by atoms with E-state index in [2.05, 4.69) is 150 Å². The van der Waals surface area contributed by atoms with Crippen LogP contribution in [0.3, 0.4) is 0 Å². The van der Waals surface area contributed by atoms with Gasteiger partial charge in [0.15, 0.2) is 5.82 Å². The lowest BCUT2D eigenvalue weighted by atomic mass is 9.90. The Balaban J connectivity index is 1.26. The lowest BCUT2D eigenvalue weighted by Gasteiger charge is -2.16. The third-order valence-corrected chi connectivity index (χ3v) is 10.3. The molecular weight excluding hydrogens is 623 g/mol. The maximum Gasteiger partial charge on any atom is 0.235 e. The van der Waals surface area contributed by atoms with E-state index >= 15 is 0 Å². The van der Waals surface area contributed by atoms with Gasteiger partial charge in [-0.05, 0) is 44.8 Å². The number of rotatable bonds is 3. The van der Waals surface area contributed by atoms with Gasteiger partial charge in [-0.2, -0.15) is 0 Å². The Morgan fingerprint density at radius 3 is 1.39 bits per heavy atom. The largest absolute Gasteiger partial charge is 0.278 e. The van der Waals surface area contributed by atoms with E-state index in [9.17, 15) is 0 Å². The van der Waals surface area contributed by atoms with Gasteiger partial charge < -0.3 is 0 Å². The second-order valence-electron chi connectivity index (χ2n) is 13.0. The minimum atomic E-state index is 0.609. The average Bonchev–Trinajstić information content (AvgIpc) is 3.55. The van der Waals surface area contributed by atoms with Crippen LogP contribution in [0.5, 0.6) is 0 Å². The molecule has 0 fully saturated rings. The molecule has 11 rings (SSSR count). The second-order valence-corrected chi connectivity index (χ2v) is 13.0. The van der Waals surface area contributed by atoms with Crippen LogP contribution in [0.4, 0.5) is 0 Å². The van der Waals surface area contributed by atoms with Gasteiger partial charge in [-0.25, -0.2) is 19.9 Å². The maximum atomic E-state index is 5.43. The third-order valence-electron chi connectivity index (χ3n) is 10.3. The van der Waals surface area contributed by atoms with Gasteiger partial charge in [0.25, 0.3) is 0 Å². The fourth-order valence-corrected chi connectivity index (χ4v) is 8.01. The van der Waals surface area contributed by atoms with Crippen LogP contribution in [0.2, 0.25) is 0 Å². The zero-order valence-electron chi connectivity index (χ0n) is 27.3. The van der Waals surface area contributed by atoms with Crippen LogP contribution in [0.25, 0.3) is 104 Å². The summed E-state index contributed by atoms with van der Waals surface area (Å²) in [6, 6.07) is 53.1. The summed E-state index contributed by atoms with van der Waals surface area (Å²) in [6.07, 6.45) is 3.99. The van der Waals surface area contributed by atoms with Gasteiger partial charge in [-0.1, -0.05) is 140 Å². The molecule has 0 N–H and O–H groups in total. The van der Waals surface area contributed by atoms with Gasteiger partial charge in [-0.3, -0.25) is 4.57 Å². The predicted octanol–water partition coefficient (Wildman–Crippen LogP) is 11.5. The van der Waals surface area contributed by atoms with Crippen LogP contribution < -0.4 is 0 Å². The van der Waals surface area contributed by atoms with Crippen molar-refractivity contribution in [3.8, 4) is 28.5 Å². The van der Waals surface area contributed by atoms with E-state index in [1.807, 2.05) is 18.5 Å². The number of fused-ring (bicyclic) bond motifs is 14. The van der Waals surface area contributed by atoms with Gasteiger partial charge in [0.1, 0.15) is 11.0 Å². The molecule has 5 nitrogen and oxygen atoms in total. The Kier molecular flexibility index (Phi) is 5.89. The smallest absolute Gasteiger partial charge is 0.235 e. The monoisotopic (exact) mass is 649 g/mol. The first-order chi connectivity index (χ1) is 25.3. The molecule has 3 heterocycles. The van der Waals surface area contributed by atoms with Crippen molar-refractivity contribution in [2.24, 2.45) is 0 Å². The van der Waals surface area contributed by atoms with Crippen molar-refractivity contribution in [2.75, 3.05) is 0 Å². The first-order valence-corrected chi connectivity index (χ1v) is 17.1. The molecule has 0 radical (unpaired) electrons. The summed E-state index contributed by atoms with van der Waals surface area (Å²) < 4.78 is 2.17. The number of para-hydroxylation sites is 2. The molecule has 0 unspecified atom stereocenters. The van der Waals surface area contributed by atoms with E-state index in [-0.39, 0.29) is 0 Å². The highest BCUT2D eigenvalue weighted by molar-refractivity contribution is 6.38. The lowest BCUT2D eigenvalue weighted by molar-refractivity contribution is 1.01. The number of hydrogen-bond donors (Lipinski definition) is 0. The van der Waals surface area contributed by atoms with Crippen LogP contribution in [0.1, 0.15) is 0 Å². The number of benzene rings is 8. The average molecular weight is 650 g/mol. The maximum absolute atomic E-state index is 5.43. The van der Waals surface area contributed by atoms with Crippen LogP contribution in [0, 0.1) is 0 Å². The number of nitrogens with zero attached hydrogens (tertiary/aromatic N) is 5. The zero-order chi connectivity index (χ0) is 33.5. The molecule has 0 saturated heterocycles. The minimum absolute atomic E-state index is 0.609. The summed E-state index contributed by atoms with van der Waals surface area (Å²) >= 11 is 0. The van der Waals surface area contributed by atoms with Crippen LogP contribution in [-0.2, 0) is 0 Å². The van der Waals surface area contributed by atoms with Crippen molar-refractivity contribution < 1.29 is 0 Å². The molecule has 5 heteroatoms. The molecule has 0 spiro atoms. The van der Waals surface area contributed by atoms with Gasteiger partial charge in [0, 0.05) is 50.3 Å². The second kappa shape index (κ2) is 10.8. The normalized spacial score (nSPS) is 11.9. The molecule has 11 aromatic rings. The molecule has 0 aliphatic rings. The molecule has 51 heavy (non-hydrogen) atoms.